The molecule has 0 aliphatic carbocycles. The van der Waals surface area contributed by atoms with Gasteiger partial charge in [-0.25, -0.2) is 4.79 Å². The second kappa shape index (κ2) is 9.92. The first-order chi connectivity index (χ1) is 13.3. The molecule has 2 aromatic rings. The lowest BCUT2D eigenvalue weighted by molar-refractivity contribution is -0.149. The number of carbonyl (C=O) groups is 3. The van der Waals surface area contributed by atoms with Gasteiger partial charge in [0.05, 0.1) is 15.7 Å². The fraction of sp³-hybridized carbons (Fsp3) is 0.150. The lowest BCUT2D eigenvalue weighted by Gasteiger charge is -2.16. The SMILES string of the molecule is CC(=O)N/C(=C\c1ccccc1)C(=O)OC(C)C(=O)Nc1cccc(Cl)c1Cl. The van der Waals surface area contributed by atoms with Gasteiger partial charge < -0.3 is 15.4 Å². The predicted octanol–water partition coefficient (Wildman–Crippen LogP) is 4.04. The van der Waals surface area contributed by atoms with Gasteiger partial charge in [-0.05, 0) is 30.7 Å². The summed E-state index contributed by atoms with van der Waals surface area (Å²) in [5.74, 6) is -1.89. The third-order valence-corrected chi connectivity index (χ3v) is 4.32. The Morgan fingerprint density at radius 1 is 1.04 bits per heavy atom. The number of halogens is 2. The molecule has 146 valence electrons. The van der Waals surface area contributed by atoms with Crippen molar-refractivity contribution in [2.75, 3.05) is 5.32 Å². The van der Waals surface area contributed by atoms with Crippen LogP contribution in [0.1, 0.15) is 19.4 Å². The summed E-state index contributed by atoms with van der Waals surface area (Å²) in [7, 11) is 0. The minimum absolute atomic E-state index is 0.0841. The Morgan fingerprint density at radius 2 is 1.71 bits per heavy atom. The lowest BCUT2D eigenvalue weighted by Crippen LogP contribution is -2.33. The van der Waals surface area contributed by atoms with Crippen LogP contribution in [0.2, 0.25) is 10.0 Å². The van der Waals surface area contributed by atoms with Crippen LogP contribution in [0.4, 0.5) is 5.69 Å². The Bertz CT molecular complexity index is 914. The molecule has 0 saturated carbocycles. The molecule has 2 N–H and O–H groups in total. The first-order valence-corrected chi connectivity index (χ1v) is 9.03. The second-order valence-corrected chi connectivity index (χ2v) is 6.57. The van der Waals surface area contributed by atoms with E-state index in [0.29, 0.717) is 11.3 Å². The highest BCUT2D eigenvalue weighted by molar-refractivity contribution is 6.44. The van der Waals surface area contributed by atoms with E-state index in [1.165, 1.54) is 19.9 Å². The first kappa shape index (κ1) is 21.5. The zero-order valence-electron chi connectivity index (χ0n) is 15.2. The molecule has 0 aliphatic heterocycles. The third kappa shape index (κ3) is 6.11. The van der Waals surface area contributed by atoms with Gasteiger partial charge in [-0.15, -0.1) is 0 Å². The molecule has 0 fully saturated rings. The minimum atomic E-state index is -1.14. The average molecular weight is 421 g/mol. The van der Waals surface area contributed by atoms with Crippen molar-refractivity contribution in [3.63, 3.8) is 0 Å². The van der Waals surface area contributed by atoms with E-state index in [4.69, 9.17) is 27.9 Å². The molecule has 0 saturated heterocycles. The largest absolute Gasteiger partial charge is 0.448 e. The molecule has 2 rings (SSSR count). The zero-order valence-corrected chi connectivity index (χ0v) is 16.7. The number of carbonyl (C=O) groups excluding carboxylic acids is 3. The number of ether oxygens (including phenoxy) is 1. The summed E-state index contributed by atoms with van der Waals surface area (Å²) in [6.07, 6.45) is 0.317. The summed E-state index contributed by atoms with van der Waals surface area (Å²) in [5.41, 5.74) is 0.897. The highest BCUT2D eigenvalue weighted by atomic mass is 35.5. The van der Waals surface area contributed by atoms with Crippen LogP contribution in [0.3, 0.4) is 0 Å². The van der Waals surface area contributed by atoms with Gasteiger partial charge in [0, 0.05) is 6.92 Å². The van der Waals surface area contributed by atoms with E-state index in [0.717, 1.165) is 0 Å². The Labute approximate surface area is 172 Å². The number of benzene rings is 2. The predicted molar refractivity (Wildman–Crippen MR) is 109 cm³/mol. The van der Waals surface area contributed by atoms with E-state index < -0.39 is 23.9 Å². The zero-order chi connectivity index (χ0) is 20.7. The van der Waals surface area contributed by atoms with Gasteiger partial charge in [-0.1, -0.05) is 59.6 Å². The molecular formula is C20H18Cl2N2O4. The number of anilines is 1. The van der Waals surface area contributed by atoms with Gasteiger partial charge in [0.2, 0.25) is 5.91 Å². The standard InChI is InChI=1S/C20H18Cl2N2O4/c1-12(19(26)24-16-10-6-9-15(21)18(16)22)28-20(27)17(23-13(2)25)11-14-7-4-3-5-8-14/h3-12H,1-2H3,(H,23,25)(H,24,26)/b17-11-. The molecule has 8 heteroatoms. The maximum absolute atomic E-state index is 12.4. The molecule has 6 nitrogen and oxygen atoms in total. The van der Waals surface area contributed by atoms with E-state index in [1.807, 2.05) is 6.07 Å². The van der Waals surface area contributed by atoms with E-state index in [2.05, 4.69) is 10.6 Å². The van der Waals surface area contributed by atoms with E-state index in [9.17, 15) is 14.4 Å². The van der Waals surface area contributed by atoms with Crippen molar-refractivity contribution in [1.29, 1.82) is 0 Å². The maximum Gasteiger partial charge on any atom is 0.355 e. The highest BCUT2D eigenvalue weighted by Crippen LogP contribution is 2.29. The van der Waals surface area contributed by atoms with Gasteiger partial charge in [-0.3, -0.25) is 9.59 Å². The van der Waals surface area contributed by atoms with Gasteiger partial charge in [-0.2, -0.15) is 0 Å². The first-order valence-electron chi connectivity index (χ1n) is 8.28. The summed E-state index contributed by atoms with van der Waals surface area (Å²) in [4.78, 5) is 36.2. The number of hydrogen-bond acceptors (Lipinski definition) is 4. The number of esters is 1. The Balaban J connectivity index is 2.11. The van der Waals surface area contributed by atoms with Crippen molar-refractivity contribution in [2.45, 2.75) is 20.0 Å². The van der Waals surface area contributed by atoms with Crippen molar-refractivity contribution in [3.05, 3.63) is 69.8 Å². The van der Waals surface area contributed by atoms with Gasteiger partial charge >= 0.3 is 5.97 Å². The summed E-state index contributed by atoms with van der Waals surface area (Å²) in [6.45, 7) is 2.67. The molecule has 0 heterocycles. The number of hydrogen-bond donors (Lipinski definition) is 2. The van der Waals surface area contributed by atoms with Crippen molar-refractivity contribution >= 4 is 52.7 Å². The van der Waals surface area contributed by atoms with E-state index in [-0.39, 0.29) is 15.7 Å². The fourth-order valence-corrected chi connectivity index (χ4v) is 2.51. The Kier molecular flexibility index (Phi) is 7.61. The van der Waals surface area contributed by atoms with Crippen LogP contribution in [-0.2, 0) is 19.1 Å². The maximum atomic E-state index is 12.4. The quantitative estimate of drug-likeness (QED) is 0.545. The van der Waals surface area contributed by atoms with Crippen molar-refractivity contribution < 1.29 is 19.1 Å². The molecule has 0 aliphatic rings. The van der Waals surface area contributed by atoms with Gasteiger partial charge in [0.1, 0.15) is 5.70 Å². The molecule has 2 amide bonds. The number of nitrogens with one attached hydrogen (secondary N) is 2. The summed E-state index contributed by atoms with van der Waals surface area (Å²) >= 11 is 11.9. The summed E-state index contributed by atoms with van der Waals surface area (Å²) < 4.78 is 5.18. The highest BCUT2D eigenvalue weighted by Gasteiger charge is 2.22. The van der Waals surface area contributed by atoms with Crippen molar-refractivity contribution in [2.24, 2.45) is 0 Å². The number of rotatable bonds is 6. The van der Waals surface area contributed by atoms with Crippen LogP contribution < -0.4 is 10.6 Å². The van der Waals surface area contributed by atoms with Crippen LogP contribution in [0.5, 0.6) is 0 Å². The van der Waals surface area contributed by atoms with Crippen LogP contribution >= 0.6 is 23.2 Å². The molecule has 28 heavy (non-hydrogen) atoms. The van der Waals surface area contributed by atoms with Crippen LogP contribution in [0, 0.1) is 0 Å². The molecule has 0 spiro atoms. The van der Waals surface area contributed by atoms with Gasteiger partial charge in [0.25, 0.3) is 5.91 Å². The van der Waals surface area contributed by atoms with E-state index in [1.54, 1.807) is 42.5 Å². The van der Waals surface area contributed by atoms with Gasteiger partial charge in [0.15, 0.2) is 6.10 Å². The topological polar surface area (TPSA) is 84.5 Å². The van der Waals surface area contributed by atoms with Crippen molar-refractivity contribution in [1.82, 2.24) is 5.32 Å². The summed E-state index contributed by atoms with van der Waals surface area (Å²) in [6, 6.07) is 13.7. The Morgan fingerprint density at radius 3 is 2.36 bits per heavy atom. The van der Waals surface area contributed by atoms with Crippen LogP contribution in [-0.4, -0.2) is 23.9 Å². The number of amides is 2. The lowest BCUT2D eigenvalue weighted by atomic mass is 10.2. The van der Waals surface area contributed by atoms with Crippen molar-refractivity contribution in [3.8, 4) is 0 Å². The average Bonchev–Trinajstić information content (AvgIpc) is 2.65. The third-order valence-electron chi connectivity index (χ3n) is 3.50. The van der Waals surface area contributed by atoms with Crippen LogP contribution in [0.15, 0.2) is 54.2 Å². The Hall–Kier alpha value is -2.83. The molecular weight excluding hydrogens is 403 g/mol. The van der Waals surface area contributed by atoms with Crippen LogP contribution in [0.25, 0.3) is 6.08 Å². The minimum Gasteiger partial charge on any atom is -0.448 e. The fourth-order valence-electron chi connectivity index (χ4n) is 2.16. The van der Waals surface area contributed by atoms with E-state index >= 15 is 0 Å². The second-order valence-electron chi connectivity index (χ2n) is 5.79. The smallest absolute Gasteiger partial charge is 0.355 e. The monoisotopic (exact) mass is 420 g/mol. The molecule has 1 unspecified atom stereocenters. The molecule has 0 bridgehead atoms. The molecule has 2 aromatic carbocycles. The summed E-state index contributed by atoms with van der Waals surface area (Å²) in [5, 5.41) is 5.42. The molecule has 0 aromatic heterocycles. The molecule has 1 atom stereocenters. The molecule has 0 radical (unpaired) electrons. The normalized spacial score (nSPS) is 12.1.